The predicted octanol–water partition coefficient (Wildman–Crippen LogP) is 2.75. The summed E-state index contributed by atoms with van der Waals surface area (Å²) in [4.78, 5) is 0. The van der Waals surface area contributed by atoms with Gasteiger partial charge in [0.15, 0.2) is 0 Å². The van der Waals surface area contributed by atoms with E-state index in [0.29, 0.717) is 6.61 Å². The molecule has 1 atom stereocenters. The van der Waals surface area contributed by atoms with Crippen molar-refractivity contribution in [2.75, 3.05) is 19.8 Å². The zero-order chi connectivity index (χ0) is 12.1. The van der Waals surface area contributed by atoms with E-state index in [1.165, 1.54) is 18.4 Å². The summed E-state index contributed by atoms with van der Waals surface area (Å²) in [6.07, 6.45) is 3.52. The number of aliphatic hydroxyl groups is 1. The molecule has 17 heavy (non-hydrogen) atoms. The Kier molecular flexibility index (Phi) is 4.19. The van der Waals surface area contributed by atoms with Crippen LogP contribution in [-0.4, -0.2) is 24.9 Å². The van der Waals surface area contributed by atoms with Crippen molar-refractivity contribution in [3.63, 3.8) is 0 Å². The van der Waals surface area contributed by atoms with Crippen LogP contribution in [0.4, 0.5) is 0 Å². The highest BCUT2D eigenvalue weighted by molar-refractivity contribution is 5.25. The molecule has 0 saturated heterocycles. The van der Waals surface area contributed by atoms with Crippen LogP contribution in [0.1, 0.15) is 31.7 Å². The Morgan fingerprint density at radius 1 is 1.29 bits per heavy atom. The molecule has 0 spiro atoms. The zero-order valence-corrected chi connectivity index (χ0v) is 10.6. The Hall–Kier alpha value is -0.860. The third-order valence-corrected chi connectivity index (χ3v) is 3.79. The van der Waals surface area contributed by atoms with Gasteiger partial charge in [0.25, 0.3) is 0 Å². The molecule has 0 aromatic heterocycles. The molecular formula is C15H22O2. The fraction of sp³-hybridized carbons (Fsp3) is 0.600. The highest BCUT2D eigenvalue weighted by atomic mass is 16.5. The van der Waals surface area contributed by atoms with Crippen LogP contribution in [0.3, 0.4) is 0 Å². The van der Waals surface area contributed by atoms with Gasteiger partial charge in [0.1, 0.15) is 0 Å². The lowest BCUT2D eigenvalue weighted by atomic mass is 9.79. The maximum absolute atomic E-state index is 9.73. The number of hydrogen-bond donors (Lipinski definition) is 1. The molecule has 1 aromatic rings. The average Bonchev–Trinajstić information content (AvgIpc) is 3.20. The third-order valence-electron chi connectivity index (χ3n) is 3.79. The van der Waals surface area contributed by atoms with E-state index in [1.54, 1.807) is 0 Å². The lowest BCUT2D eigenvalue weighted by Crippen LogP contribution is -2.35. The standard InChI is InChI=1S/C15H22O2/c1-2-15(11-16,12-17-10-13-8-9-13)14-6-4-3-5-7-14/h3-7,13,16H,2,8-12H2,1H3. The second-order valence-electron chi connectivity index (χ2n) is 5.12. The maximum atomic E-state index is 9.73. The first kappa shape index (κ1) is 12.6. The molecule has 1 aliphatic rings. The van der Waals surface area contributed by atoms with Gasteiger partial charge in [-0.15, -0.1) is 0 Å². The van der Waals surface area contributed by atoms with Gasteiger partial charge >= 0.3 is 0 Å². The van der Waals surface area contributed by atoms with Crippen molar-refractivity contribution in [1.29, 1.82) is 0 Å². The van der Waals surface area contributed by atoms with E-state index in [4.69, 9.17) is 4.74 Å². The summed E-state index contributed by atoms with van der Waals surface area (Å²) >= 11 is 0. The number of hydrogen-bond acceptors (Lipinski definition) is 2. The molecule has 0 aliphatic heterocycles. The van der Waals surface area contributed by atoms with E-state index < -0.39 is 0 Å². The van der Waals surface area contributed by atoms with E-state index in [1.807, 2.05) is 18.2 Å². The first-order chi connectivity index (χ1) is 8.30. The summed E-state index contributed by atoms with van der Waals surface area (Å²) in [6, 6.07) is 10.2. The van der Waals surface area contributed by atoms with Crippen LogP contribution in [-0.2, 0) is 10.2 Å². The second kappa shape index (κ2) is 5.65. The van der Waals surface area contributed by atoms with Crippen LogP contribution in [0.15, 0.2) is 30.3 Å². The highest BCUT2D eigenvalue weighted by Gasteiger charge is 2.31. The van der Waals surface area contributed by atoms with Gasteiger partial charge in [0.2, 0.25) is 0 Å². The van der Waals surface area contributed by atoms with Crippen LogP contribution < -0.4 is 0 Å². The number of ether oxygens (including phenoxy) is 1. The van der Waals surface area contributed by atoms with Crippen LogP contribution in [0.25, 0.3) is 0 Å². The zero-order valence-electron chi connectivity index (χ0n) is 10.6. The van der Waals surface area contributed by atoms with Crippen LogP contribution >= 0.6 is 0 Å². The van der Waals surface area contributed by atoms with Crippen molar-refractivity contribution >= 4 is 0 Å². The fourth-order valence-electron chi connectivity index (χ4n) is 2.14. The van der Waals surface area contributed by atoms with E-state index in [2.05, 4.69) is 19.1 Å². The van der Waals surface area contributed by atoms with Crippen molar-refractivity contribution in [1.82, 2.24) is 0 Å². The molecule has 1 aliphatic carbocycles. The van der Waals surface area contributed by atoms with Crippen molar-refractivity contribution in [3.8, 4) is 0 Å². The van der Waals surface area contributed by atoms with Crippen molar-refractivity contribution in [3.05, 3.63) is 35.9 Å². The molecule has 0 radical (unpaired) electrons. The van der Waals surface area contributed by atoms with Crippen LogP contribution in [0.2, 0.25) is 0 Å². The van der Waals surface area contributed by atoms with E-state index in [9.17, 15) is 5.11 Å². The SMILES string of the molecule is CCC(CO)(COCC1CC1)c1ccccc1. The molecule has 2 nitrogen and oxygen atoms in total. The first-order valence-electron chi connectivity index (χ1n) is 6.55. The van der Waals surface area contributed by atoms with E-state index in [-0.39, 0.29) is 12.0 Å². The fourth-order valence-corrected chi connectivity index (χ4v) is 2.14. The minimum absolute atomic E-state index is 0.151. The largest absolute Gasteiger partial charge is 0.395 e. The number of rotatable bonds is 7. The molecule has 1 aromatic carbocycles. The lowest BCUT2D eigenvalue weighted by Gasteiger charge is -2.31. The topological polar surface area (TPSA) is 29.5 Å². The minimum Gasteiger partial charge on any atom is -0.395 e. The molecule has 2 heteroatoms. The van der Waals surface area contributed by atoms with Gasteiger partial charge in [0.05, 0.1) is 13.2 Å². The first-order valence-corrected chi connectivity index (χ1v) is 6.55. The van der Waals surface area contributed by atoms with Gasteiger partial charge in [-0.25, -0.2) is 0 Å². The van der Waals surface area contributed by atoms with E-state index >= 15 is 0 Å². The summed E-state index contributed by atoms with van der Waals surface area (Å²) in [6.45, 7) is 3.75. The Morgan fingerprint density at radius 2 is 2.00 bits per heavy atom. The third kappa shape index (κ3) is 3.08. The summed E-state index contributed by atoms with van der Waals surface area (Å²) < 4.78 is 5.80. The summed E-state index contributed by atoms with van der Waals surface area (Å²) in [5.74, 6) is 0.777. The number of benzene rings is 1. The maximum Gasteiger partial charge on any atom is 0.0585 e. The van der Waals surface area contributed by atoms with Crippen molar-refractivity contribution in [2.24, 2.45) is 5.92 Å². The normalized spacial score (nSPS) is 18.9. The lowest BCUT2D eigenvalue weighted by molar-refractivity contribution is 0.0437. The molecular weight excluding hydrogens is 212 g/mol. The Bertz CT molecular complexity index is 326. The molecule has 2 rings (SSSR count). The summed E-state index contributed by atoms with van der Waals surface area (Å²) in [5, 5.41) is 9.73. The van der Waals surface area contributed by atoms with Crippen LogP contribution in [0.5, 0.6) is 0 Å². The van der Waals surface area contributed by atoms with Gasteiger partial charge < -0.3 is 9.84 Å². The van der Waals surface area contributed by atoms with Gasteiger partial charge in [-0.3, -0.25) is 0 Å². The molecule has 0 amide bonds. The van der Waals surface area contributed by atoms with E-state index in [0.717, 1.165) is 18.9 Å². The smallest absolute Gasteiger partial charge is 0.0585 e. The Balaban J connectivity index is 2.01. The quantitative estimate of drug-likeness (QED) is 0.786. The average molecular weight is 234 g/mol. The molecule has 1 fully saturated rings. The Morgan fingerprint density at radius 3 is 2.53 bits per heavy atom. The summed E-state index contributed by atoms with van der Waals surface area (Å²) in [7, 11) is 0. The van der Waals surface area contributed by atoms with Gasteiger partial charge in [-0.1, -0.05) is 37.3 Å². The predicted molar refractivity (Wildman–Crippen MR) is 69.0 cm³/mol. The van der Waals surface area contributed by atoms with Gasteiger partial charge in [-0.05, 0) is 30.7 Å². The number of aliphatic hydroxyl groups excluding tert-OH is 1. The second-order valence-corrected chi connectivity index (χ2v) is 5.12. The molecule has 0 heterocycles. The van der Waals surface area contributed by atoms with Crippen LogP contribution in [0, 0.1) is 5.92 Å². The van der Waals surface area contributed by atoms with Gasteiger partial charge in [-0.2, -0.15) is 0 Å². The van der Waals surface area contributed by atoms with Gasteiger partial charge in [0, 0.05) is 12.0 Å². The monoisotopic (exact) mass is 234 g/mol. The Labute approximate surface area is 104 Å². The molecule has 1 unspecified atom stereocenters. The van der Waals surface area contributed by atoms with Crippen molar-refractivity contribution < 1.29 is 9.84 Å². The minimum atomic E-state index is -0.226. The van der Waals surface area contributed by atoms with Crippen molar-refractivity contribution in [2.45, 2.75) is 31.6 Å². The molecule has 1 N–H and O–H groups in total. The highest BCUT2D eigenvalue weighted by Crippen LogP contribution is 2.31. The summed E-state index contributed by atoms with van der Waals surface area (Å²) in [5.41, 5.74) is 0.955. The molecule has 1 saturated carbocycles. The molecule has 94 valence electrons. The molecule has 0 bridgehead atoms.